The minimum atomic E-state index is 0.0710. The molecule has 1 aromatic heterocycles. The van der Waals surface area contributed by atoms with Gasteiger partial charge in [0.15, 0.2) is 5.16 Å². The molecular weight excluding hydrogens is 298 g/mol. The number of anilines is 2. The molecule has 0 unspecified atom stereocenters. The molecule has 1 amide bonds. The number of nitrogens with two attached hydrogens (primary N) is 1. The molecule has 114 valence electrons. The van der Waals surface area contributed by atoms with Crippen LogP contribution in [0, 0.1) is 0 Å². The maximum Gasteiger partial charge on any atom is 0.237 e. The summed E-state index contributed by atoms with van der Waals surface area (Å²) in [4.78, 5) is 14.3. The van der Waals surface area contributed by atoms with Gasteiger partial charge in [-0.05, 0) is 18.1 Å². The SMILES string of the molecule is C=CCn1c(N)nnc1SCC(=O)N1CCc2ccccc21. The van der Waals surface area contributed by atoms with Crippen LogP contribution in [-0.4, -0.2) is 33.0 Å². The molecule has 0 spiro atoms. The monoisotopic (exact) mass is 315 g/mol. The zero-order chi connectivity index (χ0) is 15.5. The van der Waals surface area contributed by atoms with Crippen molar-refractivity contribution in [3.63, 3.8) is 0 Å². The molecule has 2 aromatic rings. The molecule has 2 N–H and O–H groups in total. The molecule has 3 rings (SSSR count). The second kappa shape index (κ2) is 6.23. The number of fused-ring (bicyclic) bond motifs is 1. The average molecular weight is 315 g/mol. The first-order valence-corrected chi connectivity index (χ1v) is 8.00. The van der Waals surface area contributed by atoms with Crippen LogP contribution in [0.2, 0.25) is 0 Å². The molecule has 0 saturated heterocycles. The Kier molecular flexibility index (Phi) is 4.15. The summed E-state index contributed by atoms with van der Waals surface area (Å²) in [6, 6.07) is 8.02. The number of hydrogen-bond acceptors (Lipinski definition) is 5. The maximum atomic E-state index is 12.5. The number of hydrogen-bond donors (Lipinski definition) is 1. The van der Waals surface area contributed by atoms with Gasteiger partial charge in [-0.25, -0.2) is 0 Å². The molecule has 0 radical (unpaired) electrons. The van der Waals surface area contributed by atoms with Crippen LogP contribution in [0.15, 0.2) is 42.1 Å². The Labute approximate surface area is 133 Å². The summed E-state index contributed by atoms with van der Waals surface area (Å²) >= 11 is 1.35. The molecule has 0 atom stereocenters. The highest BCUT2D eigenvalue weighted by molar-refractivity contribution is 7.99. The molecule has 0 bridgehead atoms. The lowest BCUT2D eigenvalue weighted by molar-refractivity contribution is -0.116. The average Bonchev–Trinajstić information content (AvgIpc) is 3.10. The second-order valence-corrected chi connectivity index (χ2v) is 5.90. The van der Waals surface area contributed by atoms with Gasteiger partial charge in [-0.2, -0.15) is 0 Å². The fourth-order valence-corrected chi connectivity index (χ4v) is 3.34. The number of para-hydroxylation sites is 1. The zero-order valence-corrected chi connectivity index (χ0v) is 12.9. The minimum absolute atomic E-state index is 0.0710. The van der Waals surface area contributed by atoms with Crippen molar-refractivity contribution in [2.45, 2.75) is 18.1 Å². The van der Waals surface area contributed by atoms with E-state index in [1.165, 1.54) is 17.3 Å². The summed E-state index contributed by atoms with van der Waals surface area (Å²) < 4.78 is 1.74. The van der Waals surface area contributed by atoms with E-state index in [-0.39, 0.29) is 5.91 Å². The van der Waals surface area contributed by atoms with Gasteiger partial charge in [0, 0.05) is 18.8 Å². The van der Waals surface area contributed by atoms with Gasteiger partial charge in [-0.3, -0.25) is 9.36 Å². The third-order valence-corrected chi connectivity index (χ3v) is 4.52. The quantitative estimate of drug-likeness (QED) is 0.671. The van der Waals surface area contributed by atoms with E-state index in [0.29, 0.717) is 23.4 Å². The Morgan fingerprint density at radius 2 is 2.23 bits per heavy atom. The maximum absolute atomic E-state index is 12.5. The number of thioether (sulfide) groups is 1. The number of rotatable bonds is 5. The van der Waals surface area contributed by atoms with Crippen molar-refractivity contribution < 1.29 is 4.79 Å². The Bertz CT molecular complexity index is 712. The van der Waals surface area contributed by atoms with Crippen molar-refractivity contribution in [3.8, 4) is 0 Å². The van der Waals surface area contributed by atoms with Crippen molar-refractivity contribution in [2.75, 3.05) is 22.9 Å². The van der Waals surface area contributed by atoms with Gasteiger partial charge in [0.1, 0.15) is 0 Å². The smallest absolute Gasteiger partial charge is 0.237 e. The predicted octanol–water partition coefficient (Wildman–Crippen LogP) is 1.73. The Morgan fingerprint density at radius 3 is 3.05 bits per heavy atom. The van der Waals surface area contributed by atoms with Crippen molar-refractivity contribution >= 4 is 29.3 Å². The largest absolute Gasteiger partial charge is 0.368 e. The summed E-state index contributed by atoms with van der Waals surface area (Å²) in [5, 5.41) is 8.49. The molecule has 2 heterocycles. The van der Waals surface area contributed by atoms with Crippen molar-refractivity contribution in [1.29, 1.82) is 0 Å². The van der Waals surface area contributed by atoms with Crippen molar-refractivity contribution in [3.05, 3.63) is 42.5 Å². The summed E-state index contributed by atoms with van der Waals surface area (Å²) in [7, 11) is 0. The third kappa shape index (κ3) is 2.71. The highest BCUT2D eigenvalue weighted by atomic mass is 32.2. The second-order valence-electron chi connectivity index (χ2n) is 4.95. The molecule has 1 aliphatic heterocycles. The van der Waals surface area contributed by atoms with Crippen LogP contribution in [0.5, 0.6) is 0 Å². The molecule has 0 saturated carbocycles. The lowest BCUT2D eigenvalue weighted by Gasteiger charge is -2.16. The van der Waals surface area contributed by atoms with E-state index in [0.717, 1.165) is 18.7 Å². The predicted molar refractivity (Wildman–Crippen MR) is 87.9 cm³/mol. The molecule has 1 aliphatic rings. The van der Waals surface area contributed by atoms with Gasteiger partial charge in [0.25, 0.3) is 0 Å². The normalized spacial score (nSPS) is 13.2. The Balaban J connectivity index is 1.68. The number of amides is 1. The first-order chi connectivity index (χ1) is 10.7. The topological polar surface area (TPSA) is 77.0 Å². The van der Waals surface area contributed by atoms with Crippen LogP contribution in [0.1, 0.15) is 5.56 Å². The van der Waals surface area contributed by atoms with Gasteiger partial charge in [-0.15, -0.1) is 16.8 Å². The van der Waals surface area contributed by atoms with Crippen molar-refractivity contribution in [2.24, 2.45) is 0 Å². The fraction of sp³-hybridized carbons (Fsp3) is 0.267. The molecule has 7 heteroatoms. The highest BCUT2D eigenvalue weighted by Crippen LogP contribution is 2.28. The van der Waals surface area contributed by atoms with Crippen LogP contribution in [0.3, 0.4) is 0 Å². The van der Waals surface area contributed by atoms with Gasteiger partial charge < -0.3 is 10.6 Å². The van der Waals surface area contributed by atoms with Gasteiger partial charge in [0.2, 0.25) is 11.9 Å². The zero-order valence-electron chi connectivity index (χ0n) is 12.1. The van der Waals surface area contributed by atoms with Gasteiger partial charge >= 0.3 is 0 Å². The number of nitrogen functional groups attached to an aromatic ring is 1. The number of aromatic nitrogens is 3. The molecule has 0 fully saturated rings. The van der Waals surface area contributed by atoms with Crippen LogP contribution in [0.4, 0.5) is 11.6 Å². The fourth-order valence-electron chi connectivity index (χ4n) is 2.51. The minimum Gasteiger partial charge on any atom is -0.368 e. The number of carbonyl (C=O) groups is 1. The molecular formula is C15H17N5OS. The van der Waals surface area contributed by atoms with Crippen LogP contribution in [-0.2, 0) is 17.8 Å². The Morgan fingerprint density at radius 1 is 1.41 bits per heavy atom. The lowest BCUT2D eigenvalue weighted by atomic mass is 10.2. The van der Waals surface area contributed by atoms with E-state index in [4.69, 9.17) is 5.73 Å². The van der Waals surface area contributed by atoms with Crippen LogP contribution < -0.4 is 10.6 Å². The molecule has 22 heavy (non-hydrogen) atoms. The summed E-state index contributed by atoms with van der Waals surface area (Å²) in [5.41, 5.74) is 7.99. The lowest BCUT2D eigenvalue weighted by Crippen LogP contribution is -2.30. The third-order valence-electron chi connectivity index (χ3n) is 3.57. The number of carbonyl (C=O) groups excluding carboxylic acids is 1. The first kappa shape index (κ1) is 14.6. The van der Waals surface area contributed by atoms with Crippen molar-refractivity contribution in [1.82, 2.24) is 14.8 Å². The highest BCUT2D eigenvalue weighted by Gasteiger charge is 2.24. The number of benzene rings is 1. The Hall–Kier alpha value is -2.28. The first-order valence-electron chi connectivity index (χ1n) is 7.01. The molecule has 0 aliphatic carbocycles. The standard InChI is InChI=1S/C15H17N5OS/c1-2-8-20-14(16)17-18-15(20)22-10-13(21)19-9-7-11-5-3-4-6-12(11)19/h2-6H,1,7-10H2,(H2,16,17). The van der Waals surface area contributed by atoms with Crippen LogP contribution >= 0.6 is 11.8 Å². The van der Waals surface area contributed by atoms with E-state index >= 15 is 0 Å². The van der Waals surface area contributed by atoms with E-state index in [2.05, 4.69) is 22.8 Å². The van der Waals surface area contributed by atoms with E-state index in [1.54, 1.807) is 10.6 Å². The van der Waals surface area contributed by atoms with Gasteiger partial charge in [-0.1, -0.05) is 36.0 Å². The summed E-state index contributed by atoms with van der Waals surface area (Å²) in [6.07, 6.45) is 2.63. The summed E-state index contributed by atoms with van der Waals surface area (Å²) in [6.45, 7) is 4.95. The number of nitrogens with zero attached hydrogens (tertiary/aromatic N) is 4. The van der Waals surface area contributed by atoms with Crippen LogP contribution in [0.25, 0.3) is 0 Å². The van der Waals surface area contributed by atoms with E-state index < -0.39 is 0 Å². The van der Waals surface area contributed by atoms with Gasteiger partial charge in [0.05, 0.1) is 5.75 Å². The number of allylic oxidation sites excluding steroid dienone is 1. The molecule has 6 nitrogen and oxygen atoms in total. The summed E-state index contributed by atoms with van der Waals surface area (Å²) in [5.74, 6) is 0.715. The van der Waals surface area contributed by atoms with E-state index in [9.17, 15) is 4.79 Å². The molecule has 1 aromatic carbocycles. The van der Waals surface area contributed by atoms with E-state index in [1.807, 2.05) is 23.1 Å².